The third kappa shape index (κ3) is 1.69. The second-order valence-corrected chi connectivity index (χ2v) is 4.46. The molecule has 2 aliphatic heterocycles. The summed E-state index contributed by atoms with van der Waals surface area (Å²) >= 11 is 0. The van der Waals surface area contributed by atoms with E-state index in [4.69, 9.17) is 14.2 Å². The molecule has 0 saturated carbocycles. The molecule has 1 aromatic rings. The van der Waals surface area contributed by atoms with Gasteiger partial charge in [-0.1, -0.05) is 0 Å². The largest absolute Gasteiger partial charge is 0.486 e. The molecule has 0 aromatic heterocycles. The molecule has 2 aliphatic rings. The van der Waals surface area contributed by atoms with Crippen molar-refractivity contribution in [2.75, 3.05) is 26.3 Å². The van der Waals surface area contributed by atoms with Gasteiger partial charge in [0.05, 0.1) is 0 Å². The van der Waals surface area contributed by atoms with E-state index in [1.54, 1.807) is 0 Å². The van der Waals surface area contributed by atoms with Crippen LogP contribution in [0.2, 0.25) is 0 Å². The Morgan fingerprint density at radius 1 is 1.19 bits per heavy atom. The van der Waals surface area contributed by atoms with Gasteiger partial charge in [0.15, 0.2) is 11.5 Å². The van der Waals surface area contributed by atoms with E-state index in [-0.39, 0.29) is 5.60 Å². The molecule has 0 spiro atoms. The smallest absolute Gasteiger partial charge is 0.165 e. The van der Waals surface area contributed by atoms with Gasteiger partial charge in [0, 0.05) is 19.2 Å². The van der Waals surface area contributed by atoms with Crippen LogP contribution in [-0.2, 0) is 0 Å². The van der Waals surface area contributed by atoms with Gasteiger partial charge in [-0.25, -0.2) is 0 Å². The van der Waals surface area contributed by atoms with Crippen molar-refractivity contribution in [1.82, 2.24) is 5.32 Å². The highest BCUT2D eigenvalue weighted by Gasteiger charge is 2.34. The maximum Gasteiger partial charge on any atom is 0.165 e. The first-order valence-corrected chi connectivity index (χ1v) is 5.55. The van der Waals surface area contributed by atoms with E-state index in [2.05, 4.69) is 12.2 Å². The van der Waals surface area contributed by atoms with Crippen LogP contribution < -0.4 is 19.5 Å². The van der Waals surface area contributed by atoms with Crippen molar-refractivity contribution in [2.45, 2.75) is 12.5 Å². The first-order valence-electron chi connectivity index (χ1n) is 5.55. The van der Waals surface area contributed by atoms with Crippen LogP contribution in [0.25, 0.3) is 0 Å². The van der Waals surface area contributed by atoms with Crippen molar-refractivity contribution in [1.29, 1.82) is 0 Å². The highest BCUT2D eigenvalue weighted by molar-refractivity contribution is 5.46. The van der Waals surface area contributed by atoms with E-state index in [0.717, 1.165) is 30.3 Å². The van der Waals surface area contributed by atoms with Crippen molar-refractivity contribution >= 4 is 0 Å². The van der Waals surface area contributed by atoms with Gasteiger partial charge in [-0.3, -0.25) is 0 Å². The van der Waals surface area contributed by atoms with Gasteiger partial charge in [-0.15, -0.1) is 0 Å². The zero-order chi connectivity index (χ0) is 11.0. The third-order valence-electron chi connectivity index (χ3n) is 2.88. The summed E-state index contributed by atoms with van der Waals surface area (Å²) in [5.74, 6) is 2.42. The molecular formula is C12H15NO3. The molecule has 1 aromatic carbocycles. The summed E-state index contributed by atoms with van der Waals surface area (Å²) in [7, 11) is 0. The van der Waals surface area contributed by atoms with Crippen LogP contribution in [0.15, 0.2) is 18.2 Å². The minimum absolute atomic E-state index is 0.0796. The van der Waals surface area contributed by atoms with Gasteiger partial charge in [0.2, 0.25) is 0 Å². The second-order valence-electron chi connectivity index (χ2n) is 4.46. The lowest BCUT2D eigenvalue weighted by molar-refractivity contribution is 0.0343. The van der Waals surface area contributed by atoms with E-state index in [0.29, 0.717) is 13.2 Å². The fourth-order valence-electron chi connectivity index (χ4n) is 1.92. The normalized spacial score (nSPS) is 21.1. The standard InChI is InChI=1S/C12H15NO3/c1-12(7-13-8-12)16-9-2-3-10-11(6-9)15-5-4-14-10/h2-3,6,13H,4-5,7-8H2,1H3. The molecule has 3 rings (SSSR count). The summed E-state index contributed by atoms with van der Waals surface area (Å²) in [6, 6.07) is 5.73. The molecule has 0 atom stereocenters. The lowest BCUT2D eigenvalue weighted by atomic mass is 10.00. The second kappa shape index (κ2) is 3.56. The van der Waals surface area contributed by atoms with Gasteiger partial charge in [-0.2, -0.15) is 0 Å². The fourth-order valence-corrected chi connectivity index (χ4v) is 1.92. The van der Waals surface area contributed by atoms with Gasteiger partial charge >= 0.3 is 0 Å². The topological polar surface area (TPSA) is 39.7 Å². The maximum absolute atomic E-state index is 5.91. The summed E-state index contributed by atoms with van der Waals surface area (Å²) in [6.45, 7) is 5.10. The minimum Gasteiger partial charge on any atom is -0.486 e. The van der Waals surface area contributed by atoms with Crippen LogP contribution in [0, 0.1) is 0 Å². The number of ether oxygens (including phenoxy) is 3. The van der Waals surface area contributed by atoms with E-state index >= 15 is 0 Å². The van der Waals surface area contributed by atoms with Crippen LogP contribution in [0.4, 0.5) is 0 Å². The molecule has 2 heterocycles. The van der Waals surface area contributed by atoms with Crippen molar-refractivity contribution < 1.29 is 14.2 Å². The maximum atomic E-state index is 5.91. The number of nitrogens with one attached hydrogen (secondary N) is 1. The van der Waals surface area contributed by atoms with Gasteiger partial charge < -0.3 is 19.5 Å². The number of benzene rings is 1. The molecule has 0 bridgehead atoms. The predicted molar refractivity (Wildman–Crippen MR) is 59.3 cm³/mol. The Morgan fingerprint density at radius 3 is 2.62 bits per heavy atom. The number of hydrogen-bond donors (Lipinski definition) is 1. The van der Waals surface area contributed by atoms with Gasteiger partial charge in [0.25, 0.3) is 0 Å². The first kappa shape index (κ1) is 9.78. The summed E-state index contributed by atoms with van der Waals surface area (Å²) in [6.07, 6.45) is 0. The predicted octanol–water partition coefficient (Wildman–Crippen LogP) is 1.20. The first-order chi connectivity index (χ1) is 7.75. The molecule has 1 fully saturated rings. The molecule has 0 aliphatic carbocycles. The van der Waals surface area contributed by atoms with E-state index in [9.17, 15) is 0 Å². The quantitative estimate of drug-likeness (QED) is 0.814. The lowest BCUT2D eigenvalue weighted by Gasteiger charge is -2.39. The number of rotatable bonds is 2. The van der Waals surface area contributed by atoms with Crippen LogP contribution in [0.5, 0.6) is 17.2 Å². The van der Waals surface area contributed by atoms with Crippen LogP contribution in [-0.4, -0.2) is 31.9 Å². The average Bonchev–Trinajstić information content (AvgIpc) is 2.27. The minimum atomic E-state index is -0.0796. The fraction of sp³-hybridized carbons (Fsp3) is 0.500. The Morgan fingerprint density at radius 2 is 1.94 bits per heavy atom. The highest BCUT2D eigenvalue weighted by atomic mass is 16.6. The van der Waals surface area contributed by atoms with E-state index in [1.165, 1.54) is 0 Å². The Kier molecular flexibility index (Phi) is 2.17. The molecule has 86 valence electrons. The Bertz CT molecular complexity index is 401. The van der Waals surface area contributed by atoms with Crippen molar-refractivity contribution in [3.63, 3.8) is 0 Å². The van der Waals surface area contributed by atoms with Crippen molar-refractivity contribution in [3.8, 4) is 17.2 Å². The van der Waals surface area contributed by atoms with Crippen LogP contribution in [0.3, 0.4) is 0 Å². The molecule has 16 heavy (non-hydrogen) atoms. The summed E-state index contributed by atoms with van der Waals surface area (Å²) in [5.41, 5.74) is -0.0796. The van der Waals surface area contributed by atoms with Crippen molar-refractivity contribution in [2.24, 2.45) is 0 Å². The van der Waals surface area contributed by atoms with Gasteiger partial charge in [-0.05, 0) is 19.1 Å². The molecule has 4 heteroatoms. The zero-order valence-corrected chi connectivity index (χ0v) is 9.29. The summed E-state index contributed by atoms with van der Waals surface area (Å²) in [4.78, 5) is 0. The van der Waals surface area contributed by atoms with E-state index < -0.39 is 0 Å². The molecule has 4 nitrogen and oxygen atoms in total. The Hall–Kier alpha value is -1.42. The van der Waals surface area contributed by atoms with Crippen LogP contribution >= 0.6 is 0 Å². The molecule has 0 unspecified atom stereocenters. The number of fused-ring (bicyclic) bond motifs is 1. The Balaban J connectivity index is 1.80. The van der Waals surface area contributed by atoms with Crippen LogP contribution in [0.1, 0.15) is 6.92 Å². The van der Waals surface area contributed by atoms with E-state index in [1.807, 2.05) is 18.2 Å². The third-order valence-corrected chi connectivity index (χ3v) is 2.88. The lowest BCUT2D eigenvalue weighted by Crippen LogP contribution is -2.61. The molecular weight excluding hydrogens is 206 g/mol. The van der Waals surface area contributed by atoms with Gasteiger partial charge in [0.1, 0.15) is 24.6 Å². The Labute approximate surface area is 94.5 Å². The molecule has 1 N–H and O–H groups in total. The highest BCUT2D eigenvalue weighted by Crippen LogP contribution is 2.35. The molecule has 1 saturated heterocycles. The zero-order valence-electron chi connectivity index (χ0n) is 9.29. The SMILES string of the molecule is CC1(Oc2ccc3c(c2)OCCO3)CNC1. The summed E-state index contributed by atoms with van der Waals surface area (Å²) in [5, 5.41) is 3.20. The summed E-state index contributed by atoms with van der Waals surface area (Å²) < 4.78 is 16.9. The number of hydrogen-bond acceptors (Lipinski definition) is 4. The monoisotopic (exact) mass is 221 g/mol. The average molecular weight is 221 g/mol. The molecule has 0 amide bonds. The molecule has 0 radical (unpaired) electrons. The van der Waals surface area contributed by atoms with Crippen molar-refractivity contribution in [3.05, 3.63) is 18.2 Å².